The van der Waals surface area contributed by atoms with Gasteiger partial charge in [-0.3, -0.25) is 9.59 Å². The van der Waals surface area contributed by atoms with E-state index in [9.17, 15) is 9.59 Å². The summed E-state index contributed by atoms with van der Waals surface area (Å²) >= 11 is 0. The molecule has 0 aromatic heterocycles. The molecule has 0 saturated carbocycles. The minimum atomic E-state index is -0.353. The molecule has 178 valence electrons. The van der Waals surface area contributed by atoms with Gasteiger partial charge in [0.25, 0.3) is 5.91 Å². The van der Waals surface area contributed by atoms with Gasteiger partial charge in [-0.15, -0.1) is 0 Å². The van der Waals surface area contributed by atoms with Crippen molar-refractivity contribution in [2.24, 2.45) is 0 Å². The standard InChI is InChI=1S/C27H35NO5/c1-4-6-7-8-9-25(33-24-16-14-23(15-17-24)32-20-5-2)21-10-12-22(13-11-21)27(30)28-19-18-26(29)31-3/h5,10-17,25H,2,4,6-9,18-20H2,1,3H3,(H,28,30). The van der Waals surface area contributed by atoms with Gasteiger partial charge >= 0.3 is 5.97 Å². The lowest BCUT2D eigenvalue weighted by molar-refractivity contribution is -0.140. The van der Waals surface area contributed by atoms with Crippen molar-refractivity contribution in [1.82, 2.24) is 5.32 Å². The summed E-state index contributed by atoms with van der Waals surface area (Å²) in [5.41, 5.74) is 1.56. The largest absolute Gasteiger partial charge is 0.490 e. The molecule has 2 rings (SSSR count). The highest BCUT2D eigenvalue weighted by Crippen LogP contribution is 2.28. The van der Waals surface area contributed by atoms with Crippen LogP contribution in [-0.4, -0.2) is 32.1 Å². The molecule has 1 N–H and O–H groups in total. The molecule has 0 spiro atoms. The van der Waals surface area contributed by atoms with Gasteiger partial charge in [-0.1, -0.05) is 51.0 Å². The van der Waals surface area contributed by atoms with Gasteiger partial charge in [0, 0.05) is 12.1 Å². The van der Waals surface area contributed by atoms with Gasteiger partial charge in [-0.05, 0) is 54.8 Å². The molecular weight excluding hydrogens is 418 g/mol. The van der Waals surface area contributed by atoms with Crippen LogP contribution in [0.1, 0.15) is 67.5 Å². The van der Waals surface area contributed by atoms with Gasteiger partial charge in [0.05, 0.1) is 13.5 Å². The number of carbonyl (C=O) groups is 2. The number of ether oxygens (including phenoxy) is 3. The van der Waals surface area contributed by atoms with Crippen LogP contribution in [0.25, 0.3) is 0 Å². The number of esters is 1. The number of nitrogens with one attached hydrogen (secondary N) is 1. The lowest BCUT2D eigenvalue weighted by Gasteiger charge is -2.20. The molecule has 0 aliphatic carbocycles. The van der Waals surface area contributed by atoms with Crippen molar-refractivity contribution in [1.29, 1.82) is 0 Å². The van der Waals surface area contributed by atoms with Crippen LogP contribution in [0.2, 0.25) is 0 Å². The predicted molar refractivity (Wildman–Crippen MR) is 130 cm³/mol. The van der Waals surface area contributed by atoms with E-state index in [0.717, 1.165) is 36.3 Å². The fraction of sp³-hybridized carbons (Fsp3) is 0.407. The molecule has 2 aromatic carbocycles. The Hall–Kier alpha value is -3.28. The minimum absolute atomic E-state index is 0.113. The minimum Gasteiger partial charge on any atom is -0.490 e. The van der Waals surface area contributed by atoms with Gasteiger partial charge < -0.3 is 19.5 Å². The zero-order valence-corrected chi connectivity index (χ0v) is 19.7. The summed E-state index contributed by atoms with van der Waals surface area (Å²) in [6, 6.07) is 15.0. The Morgan fingerprint density at radius 1 is 1.00 bits per heavy atom. The highest BCUT2D eigenvalue weighted by atomic mass is 16.5. The summed E-state index contributed by atoms with van der Waals surface area (Å²) in [6.07, 6.45) is 7.23. The predicted octanol–water partition coefficient (Wildman–Crippen LogP) is 5.63. The summed E-state index contributed by atoms with van der Waals surface area (Å²) in [6.45, 7) is 6.55. The maximum Gasteiger partial charge on any atom is 0.307 e. The van der Waals surface area contributed by atoms with E-state index in [-0.39, 0.29) is 30.9 Å². The Balaban J connectivity index is 2.03. The molecule has 1 unspecified atom stereocenters. The number of methoxy groups -OCH3 is 1. The number of carbonyl (C=O) groups excluding carboxylic acids is 2. The average molecular weight is 454 g/mol. The van der Waals surface area contributed by atoms with Crippen molar-refractivity contribution >= 4 is 11.9 Å². The van der Waals surface area contributed by atoms with E-state index in [0.29, 0.717) is 12.2 Å². The number of benzene rings is 2. The molecule has 1 amide bonds. The highest BCUT2D eigenvalue weighted by molar-refractivity contribution is 5.94. The third kappa shape index (κ3) is 9.39. The molecule has 33 heavy (non-hydrogen) atoms. The zero-order chi connectivity index (χ0) is 23.9. The van der Waals surface area contributed by atoms with Crippen molar-refractivity contribution in [2.75, 3.05) is 20.3 Å². The number of unbranched alkanes of at least 4 members (excludes halogenated alkanes) is 3. The van der Waals surface area contributed by atoms with Crippen molar-refractivity contribution < 1.29 is 23.8 Å². The van der Waals surface area contributed by atoms with Crippen LogP contribution in [-0.2, 0) is 9.53 Å². The van der Waals surface area contributed by atoms with Gasteiger partial charge in [-0.2, -0.15) is 0 Å². The number of amides is 1. The van der Waals surface area contributed by atoms with Crippen LogP contribution in [0.15, 0.2) is 61.2 Å². The molecule has 0 aliphatic heterocycles. The first kappa shape index (κ1) is 26.0. The second-order valence-electron chi connectivity index (χ2n) is 7.73. The molecule has 0 radical (unpaired) electrons. The highest BCUT2D eigenvalue weighted by Gasteiger charge is 2.15. The Morgan fingerprint density at radius 2 is 1.70 bits per heavy atom. The third-order valence-electron chi connectivity index (χ3n) is 5.18. The van der Waals surface area contributed by atoms with Gasteiger partial charge in [-0.25, -0.2) is 0 Å². The van der Waals surface area contributed by atoms with Crippen molar-refractivity contribution in [3.63, 3.8) is 0 Å². The second kappa shape index (κ2) is 14.7. The van der Waals surface area contributed by atoms with E-state index < -0.39 is 0 Å². The third-order valence-corrected chi connectivity index (χ3v) is 5.18. The van der Waals surface area contributed by atoms with E-state index in [1.165, 1.54) is 20.0 Å². The Kier molecular flexibility index (Phi) is 11.6. The van der Waals surface area contributed by atoms with E-state index in [1.54, 1.807) is 18.2 Å². The summed E-state index contributed by atoms with van der Waals surface area (Å²) in [4.78, 5) is 23.5. The zero-order valence-electron chi connectivity index (χ0n) is 19.7. The van der Waals surface area contributed by atoms with Crippen molar-refractivity contribution in [2.45, 2.75) is 51.6 Å². The van der Waals surface area contributed by atoms with Gasteiger partial charge in [0.2, 0.25) is 0 Å². The monoisotopic (exact) mass is 453 g/mol. The molecule has 6 heteroatoms. The topological polar surface area (TPSA) is 73.9 Å². The van der Waals surface area contributed by atoms with Crippen molar-refractivity contribution in [3.8, 4) is 11.5 Å². The molecule has 0 saturated heterocycles. The molecule has 6 nitrogen and oxygen atoms in total. The summed E-state index contributed by atoms with van der Waals surface area (Å²) in [5.74, 6) is 0.963. The van der Waals surface area contributed by atoms with Crippen LogP contribution in [0.3, 0.4) is 0 Å². The van der Waals surface area contributed by atoms with E-state index in [1.807, 2.05) is 36.4 Å². The number of rotatable bonds is 15. The summed E-state index contributed by atoms with van der Waals surface area (Å²) < 4.78 is 16.4. The van der Waals surface area contributed by atoms with Crippen LogP contribution in [0.5, 0.6) is 11.5 Å². The average Bonchev–Trinajstić information content (AvgIpc) is 2.85. The van der Waals surface area contributed by atoms with Crippen LogP contribution in [0.4, 0.5) is 0 Å². The SMILES string of the molecule is C=CCOc1ccc(OC(CCCCCC)c2ccc(C(=O)NCCC(=O)OC)cc2)cc1. The smallest absolute Gasteiger partial charge is 0.307 e. The van der Waals surface area contributed by atoms with Crippen LogP contribution >= 0.6 is 0 Å². The molecule has 2 aromatic rings. The fourth-order valence-corrected chi connectivity index (χ4v) is 3.32. The number of hydrogen-bond acceptors (Lipinski definition) is 5. The molecule has 0 bridgehead atoms. The summed E-state index contributed by atoms with van der Waals surface area (Å²) in [7, 11) is 1.33. The molecule has 1 atom stereocenters. The Bertz CT molecular complexity index is 861. The summed E-state index contributed by atoms with van der Waals surface area (Å²) in [5, 5.41) is 2.73. The quantitative estimate of drug-likeness (QED) is 0.215. The first-order valence-corrected chi connectivity index (χ1v) is 11.5. The fourth-order valence-electron chi connectivity index (χ4n) is 3.32. The van der Waals surface area contributed by atoms with Crippen LogP contribution < -0.4 is 14.8 Å². The van der Waals surface area contributed by atoms with Gasteiger partial charge in [0.15, 0.2) is 0 Å². The first-order valence-electron chi connectivity index (χ1n) is 11.5. The maximum absolute atomic E-state index is 12.3. The first-order chi connectivity index (χ1) is 16.1. The maximum atomic E-state index is 12.3. The second-order valence-corrected chi connectivity index (χ2v) is 7.73. The lowest BCUT2D eigenvalue weighted by Crippen LogP contribution is -2.26. The molecule has 0 aliphatic rings. The normalized spacial score (nSPS) is 11.3. The van der Waals surface area contributed by atoms with Gasteiger partial charge in [0.1, 0.15) is 24.2 Å². The van der Waals surface area contributed by atoms with E-state index in [2.05, 4.69) is 23.6 Å². The number of hydrogen-bond donors (Lipinski definition) is 1. The Labute approximate surface area is 196 Å². The van der Waals surface area contributed by atoms with Crippen LogP contribution in [0, 0.1) is 0 Å². The van der Waals surface area contributed by atoms with E-state index in [4.69, 9.17) is 9.47 Å². The molecular formula is C27H35NO5. The van der Waals surface area contributed by atoms with Crippen molar-refractivity contribution in [3.05, 3.63) is 72.3 Å². The lowest BCUT2D eigenvalue weighted by atomic mass is 10.0. The molecule has 0 fully saturated rings. The molecule has 0 heterocycles. The Morgan fingerprint density at radius 3 is 2.33 bits per heavy atom. The van der Waals surface area contributed by atoms with E-state index >= 15 is 0 Å².